The second-order valence-corrected chi connectivity index (χ2v) is 7.52. The number of ether oxygens (including phenoxy) is 1. The number of nitrogens with one attached hydrogen (secondary N) is 2. The van der Waals surface area contributed by atoms with E-state index in [0.717, 1.165) is 5.69 Å². The van der Waals surface area contributed by atoms with Gasteiger partial charge in [-0.25, -0.2) is 9.78 Å². The third kappa shape index (κ3) is 4.33. The van der Waals surface area contributed by atoms with Crippen LogP contribution in [-0.4, -0.2) is 31.8 Å². The fourth-order valence-electron chi connectivity index (χ4n) is 2.52. The molecule has 2 heterocycles. The normalized spacial score (nSPS) is 11.6. The number of carbonyl (C=O) groups is 1. The third-order valence-corrected chi connectivity index (χ3v) is 3.90. The molecule has 0 aliphatic carbocycles. The quantitative estimate of drug-likeness (QED) is 0.719. The van der Waals surface area contributed by atoms with Crippen LogP contribution in [0.3, 0.4) is 0 Å². The van der Waals surface area contributed by atoms with Crippen LogP contribution < -0.4 is 10.6 Å². The Morgan fingerprint density at radius 2 is 1.85 bits per heavy atom. The largest absolute Gasteiger partial charge is 0.447 e. The molecule has 3 aromatic rings. The molecular formula is C19H24N6O2. The van der Waals surface area contributed by atoms with Crippen LogP contribution in [0.5, 0.6) is 0 Å². The molecule has 1 amide bonds. The minimum Gasteiger partial charge on any atom is -0.447 e. The van der Waals surface area contributed by atoms with Crippen LogP contribution in [-0.2, 0) is 10.2 Å². The van der Waals surface area contributed by atoms with Crippen molar-refractivity contribution in [1.29, 1.82) is 0 Å². The maximum absolute atomic E-state index is 11.8. The van der Waals surface area contributed by atoms with Gasteiger partial charge in [0.2, 0.25) is 11.6 Å². The Hall–Kier alpha value is -3.16. The number of aromatic nitrogens is 4. The molecule has 142 valence electrons. The van der Waals surface area contributed by atoms with Crippen molar-refractivity contribution in [2.45, 2.75) is 46.1 Å². The zero-order valence-corrected chi connectivity index (χ0v) is 16.1. The van der Waals surface area contributed by atoms with E-state index >= 15 is 0 Å². The van der Waals surface area contributed by atoms with Gasteiger partial charge in [-0.15, -0.1) is 10.2 Å². The van der Waals surface area contributed by atoms with Crippen molar-refractivity contribution in [3.63, 3.8) is 0 Å². The molecule has 8 heteroatoms. The summed E-state index contributed by atoms with van der Waals surface area (Å²) in [7, 11) is 0. The SMILES string of the molecule is CC(C)OC(=O)Nc1nnc2c(Nc3ccc(C(C)(C)C)cc3)nccn12. The second kappa shape index (κ2) is 7.22. The maximum Gasteiger partial charge on any atom is 0.414 e. The van der Waals surface area contributed by atoms with Gasteiger partial charge in [-0.3, -0.25) is 9.72 Å². The predicted octanol–water partition coefficient (Wildman–Crippen LogP) is 4.12. The Bertz CT molecular complexity index is 941. The lowest BCUT2D eigenvalue weighted by Gasteiger charge is -2.19. The van der Waals surface area contributed by atoms with Crippen molar-refractivity contribution in [3.8, 4) is 0 Å². The van der Waals surface area contributed by atoms with Gasteiger partial charge in [0.1, 0.15) is 0 Å². The number of anilines is 3. The fourth-order valence-corrected chi connectivity index (χ4v) is 2.52. The molecule has 2 N–H and O–H groups in total. The molecule has 0 spiro atoms. The van der Waals surface area contributed by atoms with Crippen molar-refractivity contribution >= 4 is 29.2 Å². The van der Waals surface area contributed by atoms with Crippen LogP contribution in [0, 0.1) is 0 Å². The smallest absolute Gasteiger partial charge is 0.414 e. The van der Waals surface area contributed by atoms with Gasteiger partial charge in [0.05, 0.1) is 6.10 Å². The molecule has 0 aliphatic rings. The van der Waals surface area contributed by atoms with Gasteiger partial charge in [-0.2, -0.15) is 0 Å². The Morgan fingerprint density at radius 1 is 1.15 bits per heavy atom. The molecule has 0 saturated carbocycles. The zero-order chi connectivity index (χ0) is 19.6. The van der Waals surface area contributed by atoms with E-state index in [-0.39, 0.29) is 17.5 Å². The molecule has 8 nitrogen and oxygen atoms in total. The maximum atomic E-state index is 11.8. The van der Waals surface area contributed by atoms with Crippen LogP contribution in [0.1, 0.15) is 40.2 Å². The minimum absolute atomic E-state index is 0.0922. The number of carbonyl (C=O) groups excluding carboxylic acids is 1. The van der Waals surface area contributed by atoms with Gasteiger partial charge in [0.25, 0.3) is 0 Å². The summed E-state index contributed by atoms with van der Waals surface area (Å²) < 4.78 is 6.71. The number of nitrogens with zero attached hydrogens (tertiary/aromatic N) is 4. The van der Waals surface area contributed by atoms with Crippen LogP contribution in [0.2, 0.25) is 0 Å². The van der Waals surface area contributed by atoms with E-state index < -0.39 is 6.09 Å². The summed E-state index contributed by atoms with van der Waals surface area (Å²) in [6.45, 7) is 10.1. The topological polar surface area (TPSA) is 93.4 Å². The molecule has 1 aromatic carbocycles. The Labute approximate surface area is 158 Å². The number of rotatable bonds is 4. The molecule has 3 rings (SSSR count). The van der Waals surface area contributed by atoms with Crippen molar-refractivity contribution in [3.05, 3.63) is 42.2 Å². The summed E-state index contributed by atoms with van der Waals surface area (Å²) in [5.41, 5.74) is 2.73. The first kappa shape index (κ1) is 18.6. The van der Waals surface area contributed by atoms with Crippen molar-refractivity contribution < 1.29 is 9.53 Å². The fraction of sp³-hybridized carbons (Fsp3) is 0.368. The number of benzene rings is 1. The van der Waals surface area contributed by atoms with Gasteiger partial charge >= 0.3 is 6.09 Å². The summed E-state index contributed by atoms with van der Waals surface area (Å²) in [6.07, 6.45) is 2.48. The molecule has 0 aliphatic heterocycles. The average molecular weight is 368 g/mol. The van der Waals surface area contributed by atoms with Gasteiger partial charge in [-0.1, -0.05) is 32.9 Å². The lowest BCUT2D eigenvalue weighted by Crippen LogP contribution is -2.19. The molecule has 0 unspecified atom stereocenters. The highest BCUT2D eigenvalue weighted by atomic mass is 16.6. The molecule has 0 bridgehead atoms. The lowest BCUT2D eigenvalue weighted by atomic mass is 9.87. The minimum atomic E-state index is -0.580. The Balaban J connectivity index is 1.83. The first-order valence-electron chi connectivity index (χ1n) is 8.79. The van der Waals surface area contributed by atoms with Crippen molar-refractivity contribution in [2.75, 3.05) is 10.6 Å². The highest BCUT2D eigenvalue weighted by molar-refractivity contribution is 5.83. The number of amides is 1. The van der Waals surface area contributed by atoms with Crippen molar-refractivity contribution in [2.24, 2.45) is 0 Å². The first-order valence-corrected chi connectivity index (χ1v) is 8.79. The van der Waals surface area contributed by atoms with E-state index in [1.807, 2.05) is 12.1 Å². The highest BCUT2D eigenvalue weighted by Crippen LogP contribution is 2.25. The zero-order valence-electron chi connectivity index (χ0n) is 16.1. The standard InChI is InChI=1S/C19H24N6O2/c1-12(2)27-18(26)22-17-24-23-16-15(20-10-11-25(16)17)21-14-8-6-13(7-9-14)19(3,4)5/h6-12H,1-5H3,(H,20,21)(H,22,24,26). The van der Waals surface area contributed by atoms with Gasteiger partial charge < -0.3 is 10.1 Å². The number of fused-ring (bicyclic) bond motifs is 1. The van der Waals surface area contributed by atoms with E-state index in [1.165, 1.54) is 5.56 Å². The van der Waals surface area contributed by atoms with E-state index in [2.05, 4.69) is 58.7 Å². The van der Waals surface area contributed by atoms with Gasteiger partial charge in [-0.05, 0) is 37.0 Å². The second-order valence-electron chi connectivity index (χ2n) is 7.52. The average Bonchev–Trinajstić information content (AvgIpc) is 2.98. The summed E-state index contributed by atoms with van der Waals surface area (Å²) >= 11 is 0. The molecule has 0 atom stereocenters. The molecule has 2 aromatic heterocycles. The Morgan fingerprint density at radius 3 is 2.48 bits per heavy atom. The Kier molecular flexibility index (Phi) is 4.98. The molecule has 0 fully saturated rings. The summed E-state index contributed by atoms with van der Waals surface area (Å²) in [5, 5.41) is 14.0. The van der Waals surface area contributed by atoms with Crippen LogP contribution in [0.25, 0.3) is 5.65 Å². The molecule has 0 saturated heterocycles. The molecule has 27 heavy (non-hydrogen) atoms. The number of hydrogen-bond acceptors (Lipinski definition) is 6. The van der Waals surface area contributed by atoms with Gasteiger partial charge in [0.15, 0.2) is 5.82 Å². The van der Waals surface area contributed by atoms with E-state index in [4.69, 9.17) is 4.74 Å². The molecule has 0 radical (unpaired) electrons. The van der Waals surface area contributed by atoms with Crippen LogP contribution in [0.4, 0.5) is 22.2 Å². The predicted molar refractivity (Wildman–Crippen MR) is 104 cm³/mol. The molecular weight excluding hydrogens is 344 g/mol. The highest BCUT2D eigenvalue weighted by Gasteiger charge is 2.15. The van der Waals surface area contributed by atoms with Gasteiger partial charge in [0, 0.05) is 18.1 Å². The number of hydrogen-bond donors (Lipinski definition) is 2. The van der Waals surface area contributed by atoms with Crippen LogP contribution in [0.15, 0.2) is 36.7 Å². The monoisotopic (exact) mass is 368 g/mol. The first-order chi connectivity index (χ1) is 12.7. The summed E-state index contributed by atoms with van der Waals surface area (Å²) in [6, 6.07) is 8.17. The third-order valence-electron chi connectivity index (χ3n) is 3.90. The van der Waals surface area contributed by atoms with E-state index in [9.17, 15) is 4.79 Å². The van der Waals surface area contributed by atoms with E-state index in [1.54, 1.807) is 30.6 Å². The van der Waals surface area contributed by atoms with Crippen LogP contribution >= 0.6 is 0 Å². The summed E-state index contributed by atoms with van der Waals surface area (Å²) in [5.74, 6) is 0.808. The summed E-state index contributed by atoms with van der Waals surface area (Å²) in [4.78, 5) is 16.1. The van der Waals surface area contributed by atoms with Crippen molar-refractivity contribution in [1.82, 2.24) is 19.6 Å². The lowest BCUT2D eigenvalue weighted by molar-refractivity contribution is 0.129. The van der Waals surface area contributed by atoms with E-state index in [0.29, 0.717) is 11.5 Å².